The van der Waals surface area contributed by atoms with Gasteiger partial charge in [-0.25, -0.2) is 4.98 Å². The Kier molecular flexibility index (Phi) is 7.17. The molecule has 150 valence electrons. The minimum atomic E-state index is -0.00853. The van der Waals surface area contributed by atoms with Gasteiger partial charge in [-0.2, -0.15) is 10.5 Å². The quantitative estimate of drug-likeness (QED) is 0.297. The van der Waals surface area contributed by atoms with E-state index in [4.69, 9.17) is 9.15 Å². The Bertz CT molecular complexity index is 1120. The van der Waals surface area contributed by atoms with E-state index in [1.165, 1.54) is 17.8 Å². The van der Waals surface area contributed by atoms with E-state index < -0.39 is 0 Å². The van der Waals surface area contributed by atoms with Crippen LogP contribution in [0.2, 0.25) is 0 Å². The van der Waals surface area contributed by atoms with Crippen molar-refractivity contribution in [3.05, 3.63) is 64.3 Å². The first-order valence-corrected chi connectivity index (χ1v) is 9.91. The van der Waals surface area contributed by atoms with E-state index in [-0.39, 0.29) is 5.88 Å². The van der Waals surface area contributed by atoms with Crippen LogP contribution in [0.15, 0.2) is 57.1 Å². The topological polar surface area (TPSA) is 124 Å². The average Bonchev–Trinajstić information content (AvgIpc) is 3.26. The number of nitroso groups, excluding NO2 is 1. The molecule has 30 heavy (non-hydrogen) atoms. The highest BCUT2D eigenvalue weighted by Gasteiger charge is 2.22. The Morgan fingerprint density at radius 3 is 2.57 bits per heavy atom. The van der Waals surface area contributed by atoms with Gasteiger partial charge in [0, 0.05) is 30.5 Å². The minimum absolute atomic E-state index is 0.00853. The lowest BCUT2D eigenvalue weighted by molar-refractivity contribution is 0.210. The van der Waals surface area contributed by atoms with E-state index in [0.29, 0.717) is 52.2 Å². The largest absolute Gasteiger partial charge is 0.440 e. The molecule has 0 saturated carbocycles. The lowest BCUT2D eigenvalue weighted by Crippen LogP contribution is -2.12. The first kappa shape index (κ1) is 21.1. The summed E-state index contributed by atoms with van der Waals surface area (Å²) in [5.74, 6) is 1.24. The predicted molar refractivity (Wildman–Crippen MR) is 113 cm³/mol. The zero-order chi connectivity index (χ0) is 21.3. The van der Waals surface area contributed by atoms with Gasteiger partial charge in [0.15, 0.2) is 0 Å². The zero-order valence-electron chi connectivity index (χ0n) is 16.1. The van der Waals surface area contributed by atoms with Gasteiger partial charge in [-0.3, -0.25) is 0 Å². The van der Waals surface area contributed by atoms with Gasteiger partial charge >= 0.3 is 0 Å². The molecule has 1 aromatic carbocycles. The molecular formula is C21H17N5O3S. The van der Waals surface area contributed by atoms with Crippen LogP contribution in [-0.2, 0) is 10.5 Å². The van der Waals surface area contributed by atoms with Gasteiger partial charge in [0.25, 0.3) is 5.88 Å². The number of nitrogens with one attached hydrogen (secondary N) is 1. The molecule has 3 rings (SSSR count). The molecule has 3 aromatic rings. The van der Waals surface area contributed by atoms with Crippen molar-refractivity contribution in [2.45, 2.75) is 10.8 Å². The number of methoxy groups -OCH3 is 1. The smallest absolute Gasteiger partial charge is 0.260 e. The number of benzene rings is 1. The highest BCUT2D eigenvalue weighted by molar-refractivity contribution is 7.98. The standard InChI is InChI=1S/C21H17N5O3S/c1-28-10-9-24-20-16(11-22)19(14-5-3-2-4-6-14)17(12-23)21(25-20)30-13-15-7-8-18(26-27)29-15/h2-8H,9-10,13H2,1H3,(H,24,25). The summed E-state index contributed by atoms with van der Waals surface area (Å²) in [4.78, 5) is 15.1. The van der Waals surface area contributed by atoms with Gasteiger partial charge in [0.2, 0.25) is 0 Å². The monoisotopic (exact) mass is 419 g/mol. The zero-order valence-corrected chi connectivity index (χ0v) is 16.9. The number of rotatable bonds is 9. The highest BCUT2D eigenvalue weighted by Crippen LogP contribution is 2.37. The maximum Gasteiger partial charge on any atom is 0.260 e. The van der Waals surface area contributed by atoms with Gasteiger partial charge in [-0.05, 0) is 11.6 Å². The molecule has 2 aromatic heterocycles. The number of nitriles is 2. The van der Waals surface area contributed by atoms with Crippen LogP contribution in [-0.4, -0.2) is 25.2 Å². The lowest BCUT2D eigenvalue weighted by atomic mass is 9.97. The summed E-state index contributed by atoms with van der Waals surface area (Å²) < 4.78 is 10.4. The summed E-state index contributed by atoms with van der Waals surface area (Å²) in [5.41, 5.74) is 1.87. The second kappa shape index (κ2) is 10.2. The van der Waals surface area contributed by atoms with Crippen molar-refractivity contribution in [2.24, 2.45) is 5.18 Å². The molecular weight excluding hydrogens is 402 g/mol. The number of thioether (sulfide) groups is 1. The first-order chi connectivity index (χ1) is 14.7. The van der Waals surface area contributed by atoms with E-state index in [1.807, 2.05) is 30.3 Å². The molecule has 8 nitrogen and oxygen atoms in total. The van der Waals surface area contributed by atoms with Crippen molar-refractivity contribution in [3.63, 3.8) is 0 Å². The van der Waals surface area contributed by atoms with E-state index in [2.05, 4.69) is 27.6 Å². The Labute approximate surface area is 177 Å². The van der Waals surface area contributed by atoms with Crippen molar-refractivity contribution in [1.82, 2.24) is 4.98 Å². The summed E-state index contributed by atoms with van der Waals surface area (Å²) in [7, 11) is 1.58. The second-order valence-electron chi connectivity index (χ2n) is 6.02. The molecule has 0 aliphatic carbocycles. The van der Waals surface area contributed by atoms with Crippen LogP contribution < -0.4 is 5.32 Å². The molecule has 0 saturated heterocycles. The van der Waals surface area contributed by atoms with Gasteiger partial charge in [0.05, 0.1) is 17.9 Å². The highest BCUT2D eigenvalue weighted by atomic mass is 32.2. The molecule has 0 atom stereocenters. The molecule has 0 spiro atoms. The molecule has 0 fully saturated rings. The Hall–Kier alpha value is -3.66. The van der Waals surface area contributed by atoms with Crippen molar-refractivity contribution in [2.75, 3.05) is 25.6 Å². The number of aromatic nitrogens is 1. The maximum absolute atomic E-state index is 10.6. The van der Waals surface area contributed by atoms with Crippen molar-refractivity contribution < 1.29 is 9.15 Å². The van der Waals surface area contributed by atoms with Crippen LogP contribution in [0, 0.1) is 27.6 Å². The van der Waals surface area contributed by atoms with Crippen LogP contribution in [0.4, 0.5) is 11.7 Å². The molecule has 0 radical (unpaired) electrons. The SMILES string of the molecule is COCCNc1nc(SCc2ccc(N=O)o2)c(C#N)c(-c2ccccc2)c1C#N. The first-order valence-electron chi connectivity index (χ1n) is 8.93. The number of ether oxygens (including phenoxy) is 1. The van der Waals surface area contributed by atoms with Crippen molar-refractivity contribution in [3.8, 4) is 23.3 Å². The number of hydrogen-bond donors (Lipinski definition) is 1. The van der Waals surface area contributed by atoms with Gasteiger partial charge < -0.3 is 14.5 Å². The summed E-state index contributed by atoms with van der Waals surface area (Å²) >= 11 is 1.28. The molecule has 0 aliphatic rings. The van der Waals surface area contributed by atoms with Crippen LogP contribution in [0.3, 0.4) is 0 Å². The van der Waals surface area contributed by atoms with Gasteiger partial charge in [-0.1, -0.05) is 42.1 Å². The average molecular weight is 419 g/mol. The van der Waals surface area contributed by atoms with Crippen LogP contribution in [0.5, 0.6) is 0 Å². The fourth-order valence-corrected chi connectivity index (χ4v) is 3.69. The minimum Gasteiger partial charge on any atom is -0.440 e. The van der Waals surface area contributed by atoms with Crippen LogP contribution in [0.25, 0.3) is 11.1 Å². The molecule has 0 amide bonds. The summed E-state index contributed by atoms with van der Waals surface area (Å²) in [6.45, 7) is 0.887. The normalized spacial score (nSPS) is 10.2. The summed E-state index contributed by atoms with van der Waals surface area (Å²) in [6.07, 6.45) is 0. The Morgan fingerprint density at radius 1 is 1.17 bits per heavy atom. The molecule has 0 unspecified atom stereocenters. The number of nitrogens with zero attached hydrogens (tertiary/aromatic N) is 4. The number of furan rings is 1. The maximum atomic E-state index is 10.6. The van der Waals surface area contributed by atoms with Crippen molar-refractivity contribution in [1.29, 1.82) is 10.5 Å². The van der Waals surface area contributed by atoms with Gasteiger partial charge in [0.1, 0.15) is 34.3 Å². The van der Waals surface area contributed by atoms with Crippen LogP contribution in [0.1, 0.15) is 16.9 Å². The lowest BCUT2D eigenvalue weighted by Gasteiger charge is -2.15. The predicted octanol–water partition coefficient (Wildman–Crippen LogP) is 4.83. The number of hydrogen-bond acceptors (Lipinski definition) is 9. The fraction of sp³-hybridized carbons (Fsp3) is 0.190. The number of anilines is 1. The third-order valence-electron chi connectivity index (χ3n) is 4.14. The number of pyridine rings is 1. The van der Waals surface area contributed by atoms with E-state index in [0.717, 1.165) is 5.56 Å². The molecule has 1 N–H and O–H groups in total. The Balaban J connectivity index is 2.07. The molecule has 0 bridgehead atoms. The molecule has 9 heteroatoms. The molecule has 0 aliphatic heterocycles. The second-order valence-corrected chi connectivity index (χ2v) is 6.98. The van der Waals surface area contributed by atoms with E-state index in [9.17, 15) is 15.4 Å². The molecule has 2 heterocycles. The third-order valence-corrected chi connectivity index (χ3v) is 5.14. The van der Waals surface area contributed by atoms with Crippen LogP contribution >= 0.6 is 11.8 Å². The summed E-state index contributed by atoms with van der Waals surface area (Å²) in [6, 6.07) is 16.8. The third kappa shape index (κ3) is 4.66. The fourth-order valence-electron chi connectivity index (χ4n) is 2.81. The summed E-state index contributed by atoms with van der Waals surface area (Å²) in [5, 5.41) is 26.1. The van der Waals surface area contributed by atoms with E-state index >= 15 is 0 Å². The Morgan fingerprint density at radius 2 is 1.93 bits per heavy atom. The van der Waals surface area contributed by atoms with E-state index in [1.54, 1.807) is 13.2 Å². The van der Waals surface area contributed by atoms with Gasteiger partial charge in [-0.15, -0.1) is 4.91 Å². The van der Waals surface area contributed by atoms with Crippen molar-refractivity contribution >= 4 is 23.5 Å².